The molecular formula is C11H12O. The number of allylic oxidation sites excluding steroid dienone is 5. The van der Waals surface area contributed by atoms with Gasteiger partial charge in [0.2, 0.25) is 0 Å². The zero-order valence-electron chi connectivity index (χ0n) is 6.85. The molecule has 0 fully saturated rings. The van der Waals surface area contributed by atoms with Crippen LogP contribution in [-0.4, -0.2) is 11.2 Å². The van der Waals surface area contributed by atoms with Gasteiger partial charge in [-0.05, 0) is 18.3 Å². The van der Waals surface area contributed by atoms with Crippen LogP contribution in [0.1, 0.15) is 6.42 Å². The molecule has 0 heterocycles. The van der Waals surface area contributed by atoms with Crippen LogP contribution in [0.25, 0.3) is 0 Å². The molecule has 1 N–H and O–H groups in total. The molecule has 2 rings (SSSR count). The highest BCUT2D eigenvalue weighted by Gasteiger charge is 2.22. The van der Waals surface area contributed by atoms with Gasteiger partial charge < -0.3 is 5.11 Å². The smallest absolute Gasteiger partial charge is 0.0796 e. The largest absolute Gasteiger partial charge is 0.388 e. The Morgan fingerprint density at radius 3 is 2.92 bits per heavy atom. The van der Waals surface area contributed by atoms with Crippen molar-refractivity contribution in [1.82, 2.24) is 0 Å². The zero-order valence-corrected chi connectivity index (χ0v) is 6.85. The van der Waals surface area contributed by atoms with Crippen LogP contribution >= 0.6 is 0 Å². The van der Waals surface area contributed by atoms with E-state index in [9.17, 15) is 5.11 Å². The van der Waals surface area contributed by atoms with Crippen LogP contribution in [0.4, 0.5) is 0 Å². The van der Waals surface area contributed by atoms with Crippen LogP contribution in [-0.2, 0) is 0 Å². The van der Waals surface area contributed by atoms with Crippen LogP contribution in [0, 0.1) is 18.3 Å². The number of aliphatic hydroxyl groups is 1. The highest BCUT2D eigenvalue weighted by atomic mass is 16.3. The third kappa shape index (κ3) is 1.51. The number of hydrogen-bond donors (Lipinski definition) is 1. The van der Waals surface area contributed by atoms with E-state index in [-0.39, 0.29) is 0 Å². The molecule has 1 nitrogen and oxygen atoms in total. The first-order chi connectivity index (χ1) is 5.86. The van der Waals surface area contributed by atoms with Gasteiger partial charge >= 0.3 is 0 Å². The maximum atomic E-state index is 9.37. The van der Waals surface area contributed by atoms with Crippen molar-refractivity contribution < 1.29 is 5.11 Å². The van der Waals surface area contributed by atoms with E-state index in [2.05, 4.69) is 24.6 Å². The van der Waals surface area contributed by atoms with Crippen LogP contribution < -0.4 is 0 Å². The fourth-order valence-corrected chi connectivity index (χ4v) is 1.67. The highest BCUT2D eigenvalue weighted by molar-refractivity contribution is 5.21. The summed E-state index contributed by atoms with van der Waals surface area (Å²) in [6, 6.07) is 0. The topological polar surface area (TPSA) is 20.2 Å². The third-order valence-electron chi connectivity index (χ3n) is 2.34. The second-order valence-electron chi connectivity index (χ2n) is 3.23. The van der Waals surface area contributed by atoms with E-state index in [1.54, 1.807) is 6.08 Å². The Labute approximate surface area is 73.1 Å². The van der Waals surface area contributed by atoms with Crippen molar-refractivity contribution in [1.29, 1.82) is 0 Å². The lowest BCUT2D eigenvalue weighted by molar-refractivity contribution is 0.241. The summed E-state index contributed by atoms with van der Waals surface area (Å²) in [5.41, 5.74) is 0. The van der Waals surface area contributed by atoms with Crippen LogP contribution in [0.5, 0.6) is 0 Å². The van der Waals surface area contributed by atoms with E-state index in [4.69, 9.17) is 0 Å². The molecule has 0 amide bonds. The molecule has 2 aliphatic carbocycles. The SMILES string of the molecule is OC1[C]C2C=CC=CC2CC=C1. The molecule has 62 valence electrons. The van der Waals surface area contributed by atoms with Crippen molar-refractivity contribution in [2.45, 2.75) is 12.5 Å². The van der Waals surface area contributed by atoms with Crippen LogP contribution in [0.15, 0.2) is 36.5 Å². The van der Waals surface area contributed by atoms with Crippen LogP contribution in [0.3, 0.4) is 0 Å². The minimum atomic E-state index is -0.490. The van der Waals surface area contributed by atoms with Gasteiger partial charge in [0.25, 0.3) is 0 Å². The first-order valence-corrected chi connectivity index (χ1v) is 4.32. The molecule has 1 heteroatoms. The Balaban J connectivity index is 2.14. The summed E-state index contributed by atoms with van der Waals surface area (Å²) in [5.74, 6) is 0.795. The molecule has 3 unspecified atom stereocenters. The van der Waals surface area contributed by atoms with Gasteiger partial charge in [-0.3, -0.25) is 0 Å². The van der Waals surface area contributed by atoms with Crippen molar-refractivity contribution >= 4 is 0 Å². The molecule has 2 aliphatic rings. The normalized spacial score (nSPS) is 39.2. The van der Waals surface area contributed by atoms with E-state index in [0.717, 1.165) is 6.42 Å². The number of rotatable bonds is 0. The maximum Gasteiger partial charge on any atom is 0.0796 e. The first-order valence-electron chi connectivity index (χ1n) is 4.32. The quantitative estimate of drug-likeness (QED) is 0.535. The summed E-state index contributed by atoms with van der Waals surface area (Å²) in [7, 11) is 0. The number of fused-ring (bicyclic) bond motifs is 1. The average Bonchev–Trinajstić information content (AvgIpc) is 2.25. The second-order valence-corrected chi connectivity index (χ2v) is 3.23. The van der Waals surface area contributed by atoms with Gasteiger partial charge in [-0.25, -0.2) is 0 Å². The Hall–Kier alpha value is -0.820. The molecule has 2 radical (unpaired) electrons. The van der Waals surface area contributed by atoms with Gasteiger partial charge in [-0.15, -0.1) is 0 Å². The standard InChI is InChI=1S/C11H12O/c12-11-7-3-6-9-4-1-2-5-10(9)8-11/h1-5,7,9-12H,6H2. The lowest BCUT2D eigenvalue weighted by Crippen LogP contribution is -2.16. The summed E-state index contributed by atoms with van der Waals surface area (Å²) < 4.78 is 0. The average molecular weight is 160 g/mol. The molecule has 0 aromatic rings. The predicted molar refractivity (Wildman–Crippen MR) is 48.3 cm³/mol. The Kier molecular flexibility index (Phi) is 2.13. The fraction of sp³-hybridized carbons (Fsp3) is 0.364. The van der Waals surface area contributed by atoms with E-state index < -0.39 is 6.10 Å². The van der Waals surface area contributed by atoms with Gasteiger partial charge in [0.15, 0.2) is 0 Å². The van der Waals surface area contributed by atoms with Crippen molar-refractivity contribution in [3.63, 3.8) is 0 Å². The third-order valence-corrected chi connectivity index (χ3v) is 2.34. The van der Waals surface area contributed by atoms with Gasteiger partial charge in [0.1, 0.15) is 0 Å². The molecule has 0 bridgehead atoms. The first kappa shape index (κ1) is 7.81. The number of aliphatic hydroxyl groups excluding tert-OH is 1. The van der Waals surface area contributed by atoms with Gasteiger partial charge in [0, 0.05) is 6.42 Å². The van der Waals surface area contributed by atoms with Gasteiger partial charge in [-0.1, -0.05) is 36.5 Å². The number of hydrogen-bond acceptors (Lipinski definition) is 1. The summed E-state index contributed by atoms with van der Waals surface area (Å²) >= 11 is 0. The fourth-order valence-electron chi connectivity index (χ4n) is 1.67. The van der Waals surface area contributed by atoms with E-state index >= 15 is 0 Å². The molecule has 12 heavy (non-hydrogen) atoms. The molecule has 0 aliphatic heterocycles. The predicted octanol–water partition coefficient (Wildman–Crippen LogP) is 1.75. The van der Waals surface area contributed by atoms with Crippen molar-refractivity contribution in [3.05, 3.63) is 42.9 Å². The van der Waals surface area contributed by atoms with Crippen molar-refractivity contribution in [2.75, 3.05) is 0 Å². The Bertz CT molecular complexity index is 237. The lowest BCUT2D eigenvalue weighted by Gasteiger charge is -2.21. The Morgan fingerprint density at radius 2 is 2.00 bits per heavy atom. The lowest BCUT2D eigenvalue weighted by atomic mass is 9.84. The highest BCUT2D eigenvalue weighted by Crippen LogP contribution is 2.29. The molecule has 0 aromatic heterocycles. The maximum absolute atomic E-state index is 9.37. The summed E-state index contributed by atoms with van der Waals surface area (Å²) in [6.45, 7) is 0. The zero-order chi connectivity index (χ0) is 8.39. The van der Waals surface area contributed by atoms with Crippen LogP contribution in [0.2, 0.25) is 0 Å². The monoisotopic (exact) mass is 160 g/mol. The molecule has 0 saturated heterocycles. The van der Waals surface area contributed by atoms with Gasteiger partial charge in [0.05, 0.1) is 6.10 Å². The van der Waals surface area contributed by atoms with Gasteiger partial charge in [-0.2, -0.15) is 0 Å². The van der Waals surface area contributed by atoms with Crippen molar-refractivity contribution in [2.24, 2.45) is 11.8 Å². The van der Waals surface area contributed by atoms with E-state index in [1.165, 1.54) is 0 Å². The molecule has 0 spiro atoms. The van der Waals surface area contributed by atoms with Crippen molar-refractivity contribution in [3.8, 4) is 0 Å². The minimum absolute atomic E-state index is 0.292. The Morgan fingerprint density at radius 1 is 1.17 bits per heavy atom. The molecule has 0 saturated carbocycles. The summed E-state index contributed by atoms with van der Waals surface area (Å²) in [4.78, 5) is 0. The summed E-state index contributed by atoms with van der Waals surface area (Å²) in [5, 5.41) is 9.37. The summed E-state index contributed by atoms with van der Waals surface area (Å²) in [6.07, 6.45) is 15.8. The molecular weight excluding hydrogens is 148 g/mol. The minimum Gasteiger partial charge on any atom is -0.388 e. The van der Waals surface area contributed by atoms with E-state index in [0.29, 0.717) is 11.8 Å². The molecule has 3 atom stereocenters. The van der Waals surface area contributed by atoms with E-state index in [1.807, 2.05) is 12.2 Å². The molecule has 0 aromatic carbocycles. The second kappa shape index (κ2) is 3.28.